The minimum absolute atomic E-state index is 0.254. The molecule has 0 aromatic heterocycles. The molecule has 0 aliphatic rings. The van der Waals surface area contributed by atoms with Crippen molar-refractivity contribution in [3.05, 3.63) is 28.7 Å². The molecule has 0 aliphatic carbocycles. The first kappa shape index (κ1) is 16.4. The number of nitrogens with one attached hydrogen (secondary N) is 1. The Bertz CT molecular complexity index is 332. The summed E-state index contributed by atoms with van der Waals surface area (Å²) >= 11 is 3.35. The van der Waals surface area contributed by atoms with Gasteiger partial charge in [-0.25, -0.2) is 0 Å². The van der Waals surface area contributed by atoms with Crippen molar-refractivity contribution >= 4 is 15.9 Å². The van der Waals surface area contributed by atoms with Crippen LogP contribution in [-0.4, -0.2) is 42.6 Å². The average Bonchev–Trinajstić information content (AvgIpc) is 2.42. The molecule has 3 N–H and O–H groups in total. The molecule has 0 heterocycles. The second-order valence-corrected chi connectivity index (χ2v) is 5.32. The third-order valence-corrected chi connectivity index (χ3v) is 3.18. The molecule has 1 aromatic carbocycles. The molecule has 108 valence electrons. The first-order chi connectivity index (χ1) is 9.22. The van der Waals surface area contributed by atoms with E-state index in [0.29, 0.717) is 6.54 Å². The van der Waals surface area contributed by atoms with Crippen LogP contribution in [0.2, 0.25) is 0 Å². The summed E-state index contributed by atoms with van der Waals surface area (Å²) in [4.78, 5) is 0. The van der Waals surface area contributed by atoms with Gasteiger partial charge in [-0.3, -0.25) is 0 Å². The van der Waals surface area contributed by atoms with Gasteiger partial charge in [-0.1, -0.05) is 15.9 Å². The van der Waals surface area contributed by atoms with E-state index in [1.165, 1.54) is 0 Å². The van der Waals surface area contributed by atoms with Crippen molar-refractivity contribution in [2.45, 2.75) is 25.4 Å². The van der Waals surface area contributed by atoms with Crippen LogP contribution in [0.3, 0.4) is 0 Å². The molecule has 0 bridgehead atoms. The molecule has 1 atom stereocenters. The van der Waals surface area contributed by atoms with E-state index in [1.54, 1.807) is 0 Å². The number of halogens is 1. The number of rotatable bonds is 10. The monoisotopic (exact) mass is 331 g/mol. The number of aliphatic hydroxyl groups excluding tert-OH is 2. The van der Waals surface area contributed by atoms with Crippen molar-refractivity contribution in [1.29, 1.82) is 0 Å². The van der Waals surface area contributed by atoms with E-state index in [-0.39, 0.29) is 13.2 Å². The number of hydrogen-bond acceptors (Lipinski definition) is 4. The van der Waals surface area contributed by atoms with Gasteiger partial charge in [0.15, 0.2) is 0 Å². The van der Waals surface area contributed by atoms with Gasteiger partial charge in [0.2, 0.25) is 0 Å². The molecular weight excluding hydrogens is 310 g/mol. The average molecular weight is 332 g/mol. The van der Waals surface area contributed by atoms with Gasteiger partial charge in [-0.2, -0.15) is 0 Å². The molecule has 0 saturated heterocycles. The van der Waals surface area contributed by atoms with Gasteiger partial charge in [0.1, 0.15) is 18.5 Å². The minimum atomic E-state index is -0.513. The number of aliphatic hydroxyl groups is 2. The first-order valence-corrected chi connectivity index (χ1v) is 7.39. The summed E-state index contributed by atoms with van der Waals surface area (Å²) in [6, 6.07) is 7.53. The number of benzene rings is 1. The van der Waals surface area contributed by atoms with Crippen LogP contribution in [0.1, 0.15) is 19.3 Å². The first-order valence-electron chi connectivity index (χ1n) is 6.60. The van der Waals surface area contributed by atoms with Crippen molar-refractivity contribution in [3.63, 3.8) is 0 Å². The van der Waals surface area contributed by atoms with Gasteiger partial charge in [-0.05, 0) is 50.1 Å². The SMILES string of the molecule is OCCCCCNCC(O)COc1ccc(Br)cc1. The highest BCUT2D eigenvalue weighted by molar-refractivity contribution is 9.10. The predicted octanol–water partition coefficient (Wildman–Crippen LogP) is 1.94. The smallest absolute Gasteiger partial charge is 0.119 e. The van der Waals surface area contributed by atoms with E-state index in [9.17, 15) is 5.11 Å². The van der Waals surface area contributed by atoms with E-state index in [0.717, 1.165) is 36.0 Å². The van der Waals surface area contributed by atoms with Crippen LogP contribution in [0, 0.1) is 0 Å². The van der Waals surface area contributed by atoms with Crippen LogP contribution in [0.5, 0.6) is 5.75 Å². The summed E-state index contributed by atoms with van der Waals surface area (Å²) in [7, 11) is 0. The van der Waals surface area contributed by atoms with Crippen LogP contribution in [-0.2, 0) is 0 Å². The lowest BCUT2D eigenvalue weighted by atomic mass is 10.2. The lowest BCUT2D eigenvalue weighted by Crippen LogP contribution is -2.32. The topological polar surface area (TPSA) is 61.7 Å². The van der Waals surface area contributed by atoms with E-state index < -0.39 is 6.10 Å². The molecule has 1 rings (SSSR count). The zero-order valence-electron chi connectivity index (χ0n) is 11.0. The van der Waals surface area contributed by atoms with Crippen molar-refractivity contribution in [1.82, 2.24) is 5.32 Å². The van der Waals surface area contributed by atoms with E-state index in [4.69, 9.17) is 9.84 Å². The Hall–Kier alpha value is -0.620. The fraction of sp³-hybridized carbons (Fsp3) is 0.571. The van der Waals surface area contributed by atoms with Crippen LogP contribution in [0.25, 0.3) is 0 Å². The van der Waals surface area contributed by atoms with E-state index >= 15 is 0 Å². The summed E-state index contributed by atoms with van der Waals surface area (Å²) in [5, 5.41) is 21.5. The normalized spacial score (nSPS) is 12.4. The molecule has 0 fully saturated rings. The maximum atomic E-state index is 9.73. The van der Waals surface area contributed by atoms with Crippen molar-refractivity contribution < 1.29 is 14.9 Å². The fourth-order valence-electron chi connectivity index (χ4n) is 1.59. The highest BCUT2D eigenvalue weighted by Gasteiger charge is 2.04. The van der Waals surface area contributed by atoms with Crippen molar-refractivity contribution in [2.24, 2.45) is 0 Å². The lowest BCUT2D eigenvalue weighted by molar-refractivity contribution is 0.106. The maximum absolute atomic E-state index is 9.73. The second kappa shape index (κ2) is 10.2. The van der Waals surface area contributed by atoms with E-state index in [2.05, 4.69) is 21.2 Å². The lowest BCUT2D eigenvalue weighted by Gasteiger charge is -2.13. The molecule has 0 spiro atoms. The summed E-state index contributed by atoms with van der Waals surface area (Å²) < 4.78 is 6.48. The van der Waals surface area contributed by atoms with Gasteiger partial charge in [0.05, 0.1) is 0 Å². The quantitative estimate of drug-likeness (QED) is 0.573. The highest BCUT2D eigenvalue weighted by Crippen LogP contribution is 2.16. The summed E-state index contributed by atoms with van der Waals surface area (Å²) in [5.41, 5.74) is 0. The molecule has 0 amide bonds. The third kappa shape index (κ3) is 8.21. The number of unbranched alkanes of at least 4 members (excludes halogenated alkanes) is 2. The molecule has 1 unspecified atom stereocenters. The Balaban J connectivity index is 2.04. The minimum Gasteiger partial charge on any atom is -0.491 e. The maximum Gasteiger partial charge on any atom is 0.119 e. The van der Waals surface area contributed by atoms with E-state index in [1.807, 2.05) is 24.3 Å². The van der Waals surface area contributed by atoms with Crippen molar-refractivity contribution in [2.75, 3.05) is 26.3 Å². The predicted molar refractivity (Wildman–Crippen MR) is 79.5 cm³/mol. The number of hydrogen-bond donors (Lipinski definition) is 3. The molecule has 0 radical (unpaired) electrons. The summed E-state index contributed by atoms with van der Waals surface area (Å²) in [6.07, 6.45) is 2.36. The molecular formula is C14H22BrNO3. The Kier molecular flexibility index (Phi) is 8.82. The van der Waals surface area contributed by atoms with Crippen molar-refractivity contribution in [3.8, 4) is 5.75 Å². The third-order valence-electron chi connectivity index (χ3n) is 2.65. The molecule has 0 saturated carbocycles. The summed E-state index contributed by atoms with van der Waals surface area (Å²) in [6.45, 7) is 1.92. The van der Waals surface area contributed by atoms with Crippen LogP contribution >= 0.6 is 15.9 Å². The van der Waals surface area contributed by atoms with Gasteiger partial charge in [0, 0.05) is 17.6 Å². The zero-order valence-corrected chi connectivity index (χ0v) is 12.6. The van der Waals surface area contributed by atoms with Gasteiger partial charge in [-0.15, -0.1) is 0 Å². The van der Waals surface area contributed by atoms with Crippen LogP contribution in [0.15, 0.2) is 28.7 Å². The second-order valence-electron chi connectivity index (χ2n) is 4.41. The number of ether oxygens (including phenoxy) is 1. The Morgan fingerprint density at radius 2 is 1.89 bits per heavy atom. The van der Waals surface area contributed by atoms with Crippen LogP contribution in [0.4, 0.5) is 0 Å². The Morgan fingerprint density at radius 3 is 2.58 bits per heavy atom. The molecule has 19 heavy (non-hydrogen) atoms. The summed E-state index contributed by atoms with van der Waals surface area (Å²) in [5.74, 6) is 0.755. The molecule has 4 nitrogen and oxygen atoms in total. The largest absolute Gasteiger partial charge is 0.491 e. The zero-order chi connectivity index (χ0) is 13.9. The standard InChI is InChI=1S/C14H22BrNO3/c15-12-4-6-14(7-5-12)19-11-13(18)10-16-8-2-1-3-9-17/h4-7,13,16-18H,1-3,8-11H2. The van der Waals surface area contributed by atoms with Gasteiger partial charge < -0.3 is 20.3 Å². The Labute approximate surface area is 122 Å². The molecule has 1 aromatic rings. The Morgan fingerprint density at radius 1 is 1.16 bits per heavy atom. The molecule has 5 heteroatoms. The van der Waals surface area contributed by atoms with Gasteiger partial charge >= 0.3 is 0 Å². The fourth-order valence-corrected chi connectivity index (χ4v) is 1.85. The highest BCUT2D eigenvalue weighted by atomic mass is 79.9. The van der Waals surface area contributed by atoms with Gasteiger partial charge in [0.25, 0.3) is 0 Å². The van der Waals surface area contributed by atoms with Crippen LogP contribution < -0.4 is 10.1 Å². The molecule has 0 aliphatic heterocycles.